The molecule has 1 atom stereocenters. The van der Waals surface area contributed by atoms with E-state index in [1.54, 1.807) is 25.4 Å². The zero-order valence-corrected chi connectivity index (χ0v) is 13.3. The molecule has 0 amide bonds. The lowest BCUT2D eigenvalue weighted by Gasteiger charge is -2.15. The smallest absolute Gasteiger partial charge is 0.143 e. The summed E-state index contributed by atoms with van der Waals surface area (Å²) in [5, 5.41) is 10.4. The molecule has 1 heterocycles. The van der Waals surface area contributed by atoms with Crippen molar-refractivity contribution < 1.29 is 9.84 Å². The first-order chi connectivity index (χ1) is 8.63. The van der Waals surface area contributed by atoms with E-state index in [-0.39, 0.29) is 0 Å². The van der Waals surface area contributed by atoms with Crippen molar-refractivity contribution in [3.05, 3.63) is 55.8 Å². The summed E-state index contributed by atoms with van der Waals surface area (Å²) >= 11 is 5.65. The Bertz CT molecular complexity index is 562. The van der Waals surface area contributed by atoms with Crippen LogP contribution in [-0.4, -0.2) is 17.2 Å². The van der Waals surface area contributed by atoms with Crippen molar-refractivity contribution in [1.82, 2.24) is 4.98 Å². The van der Waals surface area contributed by atoms with Crippen LogP contribution < -0.4 is 4.74 Å². The van der Waals surface area contributed by atoms with Gasteiger partial charge >= 0.3 is 0 Å². The molecule has 0 spiro atoms. The molecule has 18 heavy (non-hydrogen) atoms. The van der Waals surface area contributed by atoms with E-state index < -0.39 is 6.10 Å². The van der Waals surface area contributed by atoms with Crippen LogP contribution in [0.2, 0.25) is 0 Å². The van der Waals surface area contributed by atoms with E-state index in [4.69, 9.17) is 4.74 Å². The van der Waals surface area contributed by atoms with Crippen LogP contribution in [0.15, 0.2) is 41.0 Å². The first-order valence-corrected chi connectivity index (χ1v) is 7.12. The molecule has 5 heteroatoms. The van der Waals surface area contributed by atoms with Gasteiger partial charge in [-0.2, -0.15) is 0 Å². The van der Waals surface area contributed by atoms with Crippen LogP contribution in [0, 0.1) is 3.57 Å². The second-order valence-electron chi connectivity index (χ2n) is 3.66. The SMILES string of the molecule is COc1cccnc1C(O)c1cc(I)ccc1Br. The van der Waals surface area contributed by atoms with Crippen LogP contribution in [0.25, 0.3) is 0 Å². The van der Waals surface area contributed by atoms with E-state index in [1.807, 2.05) is 18.2 Å². The summed E-state index contributed by atoms with van der Waals surface area (Å²) < 4.78 is 7.12. The number of pyridine rings is 1. The molecular formula is C13H11BrINO2. The van der Waals surface area contributed by atoms with Crippen LogP contribution in [0.1, 0.15) is 17.4 Å². The Morgan fingerprint density at radius 2 is 2.17 bits per heavy atom. The van der Waals surface area contributed by atoms with Gasteiger partial charge in [-0.05, 0) is 52.9 Å². The minimum absolute atomic E-state index is 0.516. The normalized spacial score (nSPS) is 12.2. The molecule has 0 saturated heterocycles. The third kappa shape index (κ3) is 2.84. The monoisotopic (exact) mass is 419 g/mol. The van der Waals surface area contributed by atoms with Crippen molar-refractivity contribution in [2.45, 2.75) is 6.10 Å². The topological polar surface area (TPSA) is 42.4 Å². The largest absolute Gasteiger partial charge is 0.495 e. The lowest BCUT2D eigenvalue weighted by atomic mass is 10.1. The number of benzene rings is 1. The molecule has 0 fully saturated rings. The number of aliphatic hydroxyl groups excluding tert-OH is 1. The van der Waals surface area contributed by atoms with Gasteiger partial charge < -0.3 is 9.84 Å². The van der Waals surface area contributed by atoms with E-state index in [0.29, 0.717) is 11.4 Å². The van der Waals surface area contributed by atoms with Crippen molar-refractivity contribution in [2.24, 2.45) is 0 Å². The van der Waals surface area contributed by atoms with E-state index in [0.717, 1.165) is 13.6 Å². The Labute approximate surface area is 127 Å². The molecule has 0 aliphatic rings. The lowest BCUT2D eigenvalue weighted by molar-refractivity contribution is 0.208. The molecule has 0 aliphatic carbocycles. The summed E-state index contributed by atoms with van der Waals surface area (Å²) in [6.07, 6.45) is 0.827. The number of aromatic nitrogens is 1. The number of methoxy groups -OCH3 is 1. The summed E-state index contributed by atoms with van der Waals surface area (Å²) in [7, 11) is 1.57. The van der Waals surface area contributed by atoms with Gasteiger partial charge in [0.15, 0.2) is 0 Å². The molecule has 3 nitrogen and oxygen atoms in total. The fraction of sp³-hybridized carbons (Fsp3) is 0.154. The van der Waals surface area contributed by atoms with Gasteiger partial charge in [0.2, 0.25) is 0 Å². The molecule has 2 aromatic rings. The average Bonchev–Trinajstić information content (AvgIpc) is 2.40. The number of hydrogen-bond acceptors (Lipinski definition) is 3. The molecule has 1 aromatic heterocycles. The van der Waals surface area contributed by atoms with Gasteiger partial charge in [0.25, 0.3) is 0 Å². The maximum Gasteiger partial charge on any atom is 0.143 e. The van der Waals surface area contributed by atoms with Crippen LogP contribution in [0.5, 0.6) is 5.75 Å². The summed E-state index contributed by atoms with van der Waals surface area (Å²) in [5.41, 5.74) is 1.29. The van der Waals surface area contributed by atoms with E-state index in [2.05, 4.69) is 43.5 Å². The van der Waals surface area contributed by atoms with Crippen molar-refractivity contribution in [2.75, 3.05) is 7.11 Å². The summed E-state index contributed by atoms with van der Waals surface area (Å²) in [6, 6.07) is 9.36. The molecule has 0 bridgehead atoms. The third-order valence-electron chi connectivity index (χ3n) is 2.53. The number of aliphatic hydroxyl groups is 1. The first kappa shape index (κ1) is 13.8. The molecule has 2 rings (SSSR count). The van der Waals surface area contributed by atoms with Gasteiger partial charge in [-0.3, -0.25) is 4.98 Å². The summed E-state index contributed by atoms with van der Waals surface area (Å²) in [5.74, 6) is 0.579. The molecule has 1 unspecified atom stereocenters. The van der Waals surface area contributed by atoms with Crippen LogP contribution in [0.3, 0.4) is 0 Å². The fourth-order valence-corrected chi connectivity index (χ4v) is 2.63. The highest BCUT2D eigenvalue weighted by Crippen LogP contribution is 2.32. The molecule has 1 N–H and O–H groups in total. The highest BCUT2D eigenvalue weighted by molar-refractivity contribution is 14.1. The number of halogens is 2. The van der Waals surface area contributed by atoms with E-state index in [1.165, 1.54) is 0 Å². The van der Waals surface area contributed by atoms with Gasteiger partial charge in [-0.15, -0.1) is 0 Å². The number of nitrogens with zero attached hydrogens (tertiary/aromatic N) is 1. The van der Waals surface area contributed by atoms with Crippen molar-refractivity contribution in [3.63, 3.8) is 0 Å². The number of hydrogen-bond donors (Lipinski definition) is 1. The second kappa shape index (κ2) is 5.99. The fourth-order valence-electron chi connectivity index (χ4n) is 1.65. The van der Waals surface area contributed by atoms with Crippen molar-refractivity contribution >= 4 is 38.5 Å². The Balaban J connectivity index is 2.47. The van der Waals surface area contributed by atoms with Gasteiger partial charge in [-0.1, -0.05) is 15.9 Å². The Kier molecular flexibility index (Phi) is 4.58. The standard InChI is InChI=1S/C13H11BrINO2/c1-18-11-3-2-6-16-12(11)13(17)9-7-8(15)4-5-10(9)14/h2-7,13,17H,1H3. The number of ether oxygens (including phenoxy) is 1. The Hall–Kier alpha value is -0.660. The van der Waals surface area contributed by atoms with Gasteiger partial charge in [0, 0.05) is 19.8 Å². The van der Waals surface area contributed by atoms with Gasteiger partial charge in [-0.25, -0.2) is 0 Å². The molecule has 0 saturated carbocycles. The Morgan fingerprint density at radius 3 is 2.89 bits per heavy atom. The molecule has 0 aliphatic heterocycles. The van der Waals surface area contributed by atoms with E-state index in [9.17, 15) is 5.11 Å². The zero-order valence-electron chi connectivity index (χ0n) is 9.60. The third-order valence-corrected chi connectivity index (χ3v) is 3.92. The quantitative estimate of drug-likeness (QED) is 0.773. The Morgan fingerprint density at radius 1 is 1.39 bits per heavy atom. The highest BCUT2D eigenvalue weighted by atomic mass is 127. The predicted molar refractivity (Wildman–Crippen MR) is 81.7 cm³/mol. The average molecular weight is 420 g/mol. The van der Waals surface area contributed by atoms with Crippen LogP contribution in [-0.2, 0) is 0 Å². The van der Waals surface area contributed by atoms with Crippen molar-refractivity contribution in [3.8, 4) is 5.75 Å². The summed E-state index contributed by atoms with van der Waals surface area (Å²) in [4.78, 5) is 4.20. The first-order valence-electron chi connectivity index (χ1n) is 5.25. The lowest BCUT2D eigenvalue weighted by Crippen LogP contribution is -2.05. The van der Waals surface area contributed by atoms with Gasteiger partial charge in [0.1, 0.15) is 17.5 Å². The molecular weight excluding hydrogens is 409 g/mol. The minimum Gasteiger partial charge on any atom is -0.495 e. The second-order valence-corrected chi connectivity index (χ2v) is 5.76. The van der Waals surface area contributed by atoms with Crippen LogP contribution >= 0.6 is 38.5 Å². The van der Waals surface area contributed by atoms with E-state index >= 15 is 0 Å². The maximum absolute atomic E-state index is 10.4. The minimum atomic E-state index is -0.815. The van der Waals surface area contributed by atoms with Crippen molar-refractivity contribution in [1.29, 1.82) is 0 Å². The van der Waals surface area contributed by atoms with Gasteiger partial charge in [0.05, 0.1) is 7.11 Å². The maximum atomic E-state index is 10.4. The molecule has 0 radical (unpaired) electrons. The predicted octanol–water partition coefficient (Wildman–Crippen LogP) is 3.54. The zero-order chi connectivity index (χ0) is 13.1. The molecule has 1 aromatic carbocycles. The number of rotatable bonds is 3. The van der Waals surface area contributed by atoms with Crippen LogP contribution in [0.4, 0.5) is 0 Å². The molecule has 94 valence electrons. The highest BCUT2D eigenvalue weighted by Gasteiger charge is 2.19. The summed E-state index contributed by atoms with van der Waals surface area (Å²) in [6.45, 7) is 0.